The van der Waals surface area contributed by atoms with Crippen LogP contribution >= 0.6 is 23.1 Å². The number of tetrazole rings is 1. The summed E-state index contributed by atoms with van der Waals surface area (Å²) in [6.07, 6.45) is 2.24. The summed E-state index contributed by atoms with van der Waals surface area (Å²) < 4.78 is 1.87. The minimum atomic E-state index is -0.0951. The van der Waals surface area contributed by atoms with E-state index in [9.17, 15) is 4.79 Å². The highest BCUT2D eigenvalue weighted by Crippen LogP contribution is 2.37. The molecule has 0 unspecified atom stereocenters. The molecular weight excluding hydrogens is 392 g/mol. The summed E-state index contributed by atoms with van der Waals surface area (Å²) in [5.74, 6) is 1.17. The predicted octanol–water partition coefficient (Wildman–Crippen LogP) is 3.88. The Morgan fingerprint density at radius 3 is 2.79 bits per heavy atom. The van der Waals surface area contributed by atoms with Gasteiger partial charge in [0.1, 0.15) is 10.7 Å². The maximum absolute atomic E-state index is 12.9. The van der Waals surface area contributed by atoms with Crippen LogP contribution in [0.5, 0.6) is 0 Å². The molecule has 7 nitrogen and oxygen atoms in total. The minimum absolute atomic E-state index is 0.0951. The predicted molar refractivity (Wildman–Crippen MR) is 111 cm³/mol. The summed E-state index contributed by atoms with van der Waals surface area (Å²) in [5, 5.41) is 13.4. The summed E-state index contributed by atoms with van der Waals surface area (Å²) in [6.45, 7) is 4.10. The van der Waals surface area contributed by atoms with Crippen molar-refractivity contribution in [2.24, 2.45) is 0 Å². The molecule has 1 saturated carbocycles. The van der Waals surface area contributed by atoms with Crippen LogP contribution in [0.3, 0.4) is 0 Å². The Balaban J connectivity index is 1.48. The first-order valence-corrected chi connectivity index (χ1v) is 10.9. The smallest absolute Gasteiger partial charge is 0.260 e. The SMILES string of the molecule is Cc1ccc(-c2c(C)sc3nc(CSc4nnnn4C4CC4)[nH]c(=O)c23)cc1. The fourth-order valence-electron chi connectivity index (χ4n) is 3.26. The maximum atomic E-state index is 12.9. The summed E-state index contributed by atoms with van der Waals surface area (Å²) in [6, 6.07) is 8.67. The average Bonchev–Trinajstić information content (AvgIpc) is 3.31. The van der Waals surface area contributed by atoms with Gasteiger partial charge < -0.3 is 4.98 Å². The molecule has 28 heavy (non-hydrogen) atoms. The van der Waals surface area contributed by atoms with Crippen molar-refractivity contribution in [3.05, 3.63) is 50.9 Å². The van der Waals surface area contributed by atoms with Crippen LogP contribution in [0.4, 0.5) is 0 Å². The van der Waals surface area contributed by atoms with Gasteiger partial charge in [0.2, 0.25) is 5.16 Å². The molecule has 3 aromatic heterocycles. The Kier molecular flexibility index (Phi) is 4.28. The van der Waals surface area contributed by atoms with E-state index in [4.69, 9.17) is 4.98 Å². The van der Waals surface area contributed by atoms with Gasteiger partial charge >= 0.3 is 0 Å². The van der Waals surface area contributed by atoms with E-state index in [-0.39, 0.29) is 5.56 Å². The Morgan fingerprint density at radius 2 is 2.04 bits per heavy atom. The average molecular weight is 411 g/mol. The zero-order valence-corrected chi connectivity index (χ0v) is 17.1. The molecule has 0 radical (unpaired) electrons. The van der Waals surface area contributed by atoms with Crippen molar-refractivity contribution < 1.29 is 0 Å². The second-order valence-corrected chi connectivity index (χ2v) is 9.16. The van der Waals surface area contributed by atoms with E-state index in [0.29, 0.717) is 23.0 Å². The third-order valence-electron chi connectivity index (χ3n) is 4.82. The third-order valence-corrected chi connectivity index (χ3v) is 6.76. The van der Waals surface area contributed by atoms with Gasteiger partial charge in [-0.2, -0.15) is 0 Å². The summed E-state index contributed by atoms with van der Waals surface area (Å²) in [7, 11) is 0. The molecule has 1 aliphatic carbocycles. The number of nitrogens with zero attached hydrogens (tertiary/aromatic N) is 5. The molecule has 9 heteroatoms. The zero-order chi connectivity index (χ0) is 19.3. The van der Waals surface area contributed by atoms with Crippen LogP contribution in [0.1, 0.15) is 35.1 Å². The van der Waals surface area contributed by atoms with Gasteiger partial charge in [-0.1, -0.05) is 41.6 Å². The van der Waals surface area contributed by atoms with Crippen molar-refractivity contribution in [3.63, 3.8) is 0 Å². The number of benzene rings is 1. The van der Waals surface area contributed by atoms with E-state index in [0.717, 1.165) is 38.8 Å². The van der Waals surface area contributed by atoms with E-state index in [1.807, 2.05) is 11.6 Å². The van der Waals surface area contributed by atoms with Crippen LogP contribution in [0, 0.1) is 13.8 Å². The molecule has 1 aromatic carbocycles. The molecule has 1 N–H and O–H groups in total. The number of rotatable bonds is 5. The van der Waals surface area contributed by atoms with Crippen LogP contribution < -0.4 is 5.56 Å². The van der Waals surface area contributed by atoms with Gasteiger partial charge in [0.15, 0.2) is 0 Å². The highest BCUT2D eigenvalue weighted by Gasteiger charge is 2.28. The Morgan fingerprint density at radius 1 is 1.25 bits per heavy atom. The van der Waals surface area contributed by atoms with Gasteiger partial charge in [0.25, 0.3) is 5.56 Å². The minimum Gasteiger partial charge on any atom is -0.309 e. The number of thioether (sulfide) groups is 1. The number of thiophene rings is 1. The number of aromatic amines is 1. The highest BCUT2D eigenvalue weighted by atomic mass is 32.2. The van der Waals surface area contributed by atoms with E-state index < -0.39 is 0 Å². The van der Waals surface area contributed by atoms with Crippen LogP contribution in [0.25, 0.3) is 21.3 Å². The standard InChI is InChI=1S/C19H18N6OS2/c1-10-3-5-12(6-4-10)15-11(2)28-18-16(15)17(26)20-14(21-18)9-27-19-22-23-24-25(19)13-7-8-13/h3-6,13H,7-9H2,1-2H3,(H,20,21,26). The van der Waals surface area contributed by atoms with Gasteiger partial charge in [-0.3, -0.25) is 4.79 Å². The first-order valence-electron chi connectivity index (χ1n) is 9.10. The van der Waals surface area contributed by atoms with E-state index in [1.54, 1.807) is 11.3 Å². The lowest BCUT2D eigenvalue weighted by Gasteiger charge is -2.04. The quantitative estimate of drug-likeness (QED) is 0.502. The fourth-order valence-corrected chi connectivity index (χ4v) is 5.14. The molecule has 4 aromatic rings. The van der Waals surface area contributed by atoms with Gasteiger partial charge in [-0.15, -0.1) is 16.4 Å². The van der Waals surface area contributed by atoms with Crippen molar-refractivity contribution >= 4 is 33.3 Å². The fraction of sp³-hybridized carbons (Fsp3) is 0.316. The molecule has 0 spiro atoms. The lowest BCUT2D eigenvalue weighted by molar-refractivity contribution is 0.565. The first-order chi connectivity index (χ1) is 13.6. The van der Waals surface area contributed by atoms with Gasteiger partial charge in [0, 0.05) is 10.4 Å². The monoisotopic (exact) mass is 410 g/mol. The van der Waals surface area contributed by atoms with Crippen molar-refractivity contribution in [1.82, 2.24) is 30.2 Å². The van der Waals surface area contributed by atoms with Crippen LogP contribution in [0.2, 0.25) is 0 Å². The molecule has 1 aliphatic rings. The third kappa shape index (κ3) is 3.14. The largest absolute Gasteiger partial charge is 0.309 e. The van der Waals surface area contributed by atoms with E-state index >= 15 is 0 Å². The number of aryl methyl sites for hydroxylation is 2. The number of hydrogen-bond donors (Lipinski definition) is 1. The normalized spacial score (nSPS) is 14.1. The van der Waals surface area contributed by atoms with Gasteiger partial charge in [-0.05, 0) is 42.7 Å². The molecule has 0 atom stereocenters. The molecular formula is C19H18N6OS2. The summed E-state index contributed by atoms with van der Waals surface area (Å²) in [5.41, 5.74) is 3.13. The van der Waals surface area contributed by atoms with Crippen molar-refractivity contribution in [2.45, 2.75) is 43.6 Å². The van der Waals surface area contributed by atoms with Crippen LogP contribution in [-0.4, -0.2) is 30.2 Å². The topological polar surface area (TPSA) is 89.3 Å². The molecule has 0 saturated heterocycles. The Labute approximate surface area is 169 Å². The second kappa shape index (κ2) is 6.82. The molecule has 3 heterocycles. The Bertz CT molecular complexity index is 1220. The molecule has 142 valence electrons. The Hall–Kier alpha value is -2.52. The summed E-state index contributed by atoms with van der Waals surface area (Å²) in [4.78, 5) is 22.4. The summed E-state index contributed by atoms with van der Waals surface area (Å²) >= 11 is 3.06. The van der Waals surface area contributed by atoms with Crippen LogP contribution in [-0.2, 0) is 5.75 Å². The molecule has 5 rings (SSSR count). The highest BCUT2D eigenvalue weighted by molar-refractivity contribution is 7.98. The number of hydrogen-bond acceptors (Lipinski definition) is 7. The van der Waals surface area contributed by atoms with Crippen molar-refractivity contribution in [3.8, 4) is 11.1 Å². The maximum Gasteiger partial charge on any atom is 0.260 e. The lowest BCUT2D eigenvalue weighted by atomic mass is 10.0. The first kappa shape index (κ1) is 17.6. The van der Waals surface area contributed by atoms with Crippen molar-refractivity contribution in [1.29, 1.82) is 0 Å². The van der Waals surface area contributed by atoms with Gasteiger partial charge in [-0.25, -0.2) is 9.67 Å². The molecule has 0 bridgehead atoms. The lowest BCUT2D eigenvalue weighted by Crippen LogP contribution is -2.11. The number of nitrogens with one attached hydrogen (secondary N) is 1. The molecule has 1 fully saturated rings. The molecule has 0 amide bonds. The van der Waals surface area contributed by atoms with Gasteiger partial charge in [0.05, 0.1) is 17.2 Å². The van der Waals surface area contributed by atoms with Crippen LogP contribution in [0.15, 0.2) is 34.2 Å². The van der Waals surface area contributed by atoms with E-state index in [2.05, 4.69) is 51.7 Å². The second-order valence-electron chi connectivity index (χ2n) is 7.02. The number of H-pyrrole nitrogens is 1. The zero-order valence-electron chi connectivity index (χ0n) is 15.5. The number of fused-ring (bicyclic) bond motifs is 1. The van der Waals surface area contributed by atoms with Crippen molar-refractivity contribution in [2.75, 3.05) is 0 Å². The molecule has 0 aliphatic heterocycles. The van der Waals surface area contributed by atoms with E-state index in [1.165, 1.54) is 17.3 Å². The number of aromatic nitrogens is 6.